The van der Waals surface area contributed by atoms with Gasteiger partial charge in [-0.05, 0) is 38.1 Å². The molecule has 2 aromatic rings. The fraction of sp³-hybridized carbons (Fsp3) is 0.353. The van der Waals surface area contributed by atoms with Crippen LogP contribution in [0.25, 0.3) is 0 Å². The Morgan fingerprint density at radius 2 is 2.08 bits per heavy atom. The van der Waals surface area contributed by atoms with Crippen molar-refractivity contribution >= 4 is 6.03 Å². The van der Waals surface area contributed by atoms with E-state index < -0.39 is 11.6 Å². The number of urea groups is 1. The summed E-state index contributed by atoms with van der Waals surface area (Å²) < 4.78 is 36.9. The van der Waals surface area contributed by atoms with Gasteiger partial charge in [0, 0.05) is 13.1 Å². The first-order chi connectivity index (χ1) is 11.4. The molecule has 0 bridgehead atoms. The van der Waals surface area contributed by atoms with Crippen LogP contribution in [-0.4, -0.2) is 30.6 Å². The molecule has 2 amide bonds. The third-order valence-corrected chi connectivity index (χ3v) is 3.61. The molecule has 0 saturated heterocycles. The molecular weight excluding hydrogens is 318 g/mol. The lowest BCUT2D eigenvalue weighted by Gasteiger charge is -2.25. The highest BCUT2D eigenvalue weighted by molar-refractivity contribution is 5.74. The van der Waals surface area contributed by atoms with Gasteiger partial charge in [0.15, 0.2) is 11.6 Å². The molecule has 0 unspecified atom stereocenters. The van der Waals surface area contributed by atoms with E-state index in [1.165, 1.54) is 11.0 Å². The van der Waals surface area contributed by atoms with Crippen LogP contribution in [-0.2, 0) is 0 Å². The number of hydrogen-bond donors (Lipinski definition) is 1. The van der Waals surface area contributed by atoms with Crippen LogP contribution < -0.4 is 10.1 Å². The van der Waals surface area contributed by atoms with Gasteiger partial charge < -0.3 is 19.4 Å². The van der Waals surface area contributed by atoms with E-state index in [9.17, 15) is 13.6 Å². The Morgan fingerprint density at radius 1 is 1.33 bits per heavy atom. The van der Waals surface area contributed by atoms with E-state index in [1.54, 1.807) is 32.4 Å². The predicted octanol–water partition coefficient (Wildman–Crippen LogP) is 3.73. The summed E-state index contributed by atoms with van der Waals surface area (Å²) in [7, 11) is 1.65. The molecule has 0 saturated carbocycles. The van der Waals surface area contributed by atoms with Crippen LogP contribution in [0, 0.1) is 11.6 Å². The normalized spacial score (nSPS) is 13.2. The van der Waals surface area contributed by atoms with Gasteiger partial charge >= 0.3 is 6.03 Å². The molecule has 1 heterocycles. The number of rotatable bonds is 6. The zero-order valence-electron chi connectivity index (χ0n) is 13.8. The van der Waals surface area contributed by atoms with Gasteiger partial charge in [-0.25, -0.2) is 13.6 Å². The molecule has 1 aromatic heterocycles. The van der Waals surface area contributed by atoms with Crippen molar-refractivity contribution in [3.05, 3.63) is 54.0 Å². The molecule has 0 aliphatic rings. The number of hydrogen-bond acceptors (Lipinski definition) is 3. The van der Waals surface area contributed by atoms with Crippen LogP contribution in [0.4, 0.5) is 13.6 Å². The number of carbonyl (C=O) groups excluding carboxylic acids is 1. The second-order valence-electron chi connectivity index (χ2n) is 5.54. The van der Waals surface area contributed by atoms with Gasteiger partial charge in [0.25, 0.3) is 0 Å². The van der Waals surface area contributed by atoms with E-state index in [1.807, 2.05) is 6.92 Å². The molecule has 0 spiro atoms. The van der Waals surface area contributed by atoms with Gasteiger partial charge in [-0.15, -0.1) is 0 Å². The number of benzene rings is 1. The highest BCUT2D eigenvalue weighted by Crippen LogP contribution is 2.19. The molecule has 5 nitrogen and oxygen atoms in total. The summed E-state index contributed by atoms with van der Waals surface area (Å²) in [6.45, 7) is 3.62. The number of nitrogens with one attached hydrogen (secondary N) is 1. The van der Waals surface area contributed by atoms with Crippen molar-refractivity contribution in [3.63, 3.8) is 0 Å². The third kappa shape index (κ3) is 4.47. The molecule has 7 heteroatoms. The van der Waals surface area contributed by atoms with Crippen LogP contribution in [0.3, 0.4) is 0 Å². The molecular formula is C17H20F2N2O3. The summed E-state index contributed by atoms with van der Waals surface area (Å²) >= 11 is 0. The molecule has 2 rings (SSSR count). The molecule has 130 valence electrons. The fourth-order valence-electron chi connectivity index (χ4n) is 2.06. The van der Waals surface area contributed by atoms with E-state index in [2.05, 4.69) is 5.32 Å². The quantitative estimate of drug-likeness (QED) is 0.873. The largest absolute Gasteiger partial charge is 0.488 e. The zero-order valence-corrected chi connectivity index (χ0v) is 13.8. The Bertz CT molecular complexity index is 676. The first kappa shape index (κ1) is 17.8. The molecule has 0 fully saturated rings. The Hall–Kier alpha value is -2.57. The van der Waals surface area contributed by atoms with Crippen molar-refractivity contribution in [2.75, 3.05) is 13.7 Å². The minimum Gasteiger partial charge on any atom is -0.488 e. The monoisotopic (exact) mass is 338 g/mol. The van der Waals surface area contributed by atoms with Crippen molar-refractivity contribution in [1.82, 2.24) is 10.2 Å². The lowest BCUT2D eigenvalue weighted by Crippen LogP contribution is -2.44. The predicted molar refractivity (Wildman–Crippen MR) is 84.7 cm³/mol. The minimum atomic E-state index is -0.780. The lowest BCUT2D eigenvalue weighted by atomic mass is 10.2. The lowest BCUT2D eigenvalue weighted by molar-refractivity contribution is 0.177. The summed E-state index contributed by atoms with van der Waals surface area (Å²) in [5.74, 6) is -0.841. The first-order valence-electron chi connectivity index (χ1n) is 7.53. The molecule has 0 aliphatic heterocycles. The fourth-order valence-corrected chi connectivity index (χ4v) is 2.06. The van der Waals surface area contributed by atoms with E-state index in [0.717, 1.165) is 12.1 Å². The highest BCUT2D eigenvalue weighted by Gasteiger charge is 2.21. The van der Waals surface area contributed by atoms with Gasteiger partial charge in [0.2, 0.25) is 0 Å². The van der Waals surface area contributed by atoms with E-state index >= 15 is 0 Å². The number of halogens is 2. The number of ether oxygens (including phenoxy) is 1. The summed E-state index contributed by atoms with van der Waals surface area (Å²) in [6.07, 6.45) is 1.55. The van der Waals surface area contributed by atoms with Gasteiger partial charge in [0.05, 0.1) is 18.3 Å². The molecule has 1 N–H and O–H groups in total. The Morgan fingerprint density at radius 3 is 2.71 bits per heavy atom. The van der Waals surface area contributed by atoms with Crippen LogP contribution in [0.15, 0.2) is 41.0 Å². The second kappa shape index (κ2) is 7.81. The van der Waals surface area contributed by atoms with Crippen molar-refractivity contribution in [3.8, 4) is 5.75 Å². The minimum absolute atomic E-state index is 0.0528. The third-order valence-electron chi connectivity index (χ3n) is 3.61. The maximum absolute atomic E-state index is 13.5. The average Bonchev–Trinajstić information content (AvgIpc) is 3.07. The molecule has 1 aromatic carbocycles. The number of carbonyl (C=O) groups is 1. The molecule has 0 radical (unpaired) electrons. The maximum Gasteiger partial charge on any atom is 0.318 e. The van der Waals surface area contributed by atoms with Gasteiger partial charge in [0.1, 0.15) is 18.2 Å². The SMILES string of the molecule is C[C@H](COc1ccc(F)cc1F)NC(=O)N(C)[C@H](C)c1ccco1. The standard InChI is InChI=1S/C17H20F2N2O3/c1-11(10-24-16-7-6-13(18)9-14(16)19)20-17(22)21(3)12(2)15-5-4-8-23-15/h4-9,11-12H,10H2,1-3H3,(H,20,22)/t11-,12-/m1/s1. The van der Waals surface area contributed by atoms with E-state index in [4.69, 9.17) is 9.15 Å². The zero-order chi connectivity index (χ0) is 17.7. The summed E-state index contributed by atoms with van der Waals surface area (Å²) in [5.41, 5.74) is 0. The second-order valence-corrected chi connectivity index (χ2v) is 5.54. The van der Waals surface area contributed by atoms with E-state index in [-0.39, 0.29) is 30.5 Å². The van der Waals surface area contributed by atoms with Crippen LogP contribution >= 0.6 is 0 Å². The van der Waals surface area contributed by atoms with E-state index in [0.29, 0.717) is 5.76 Å². The number of furan rings is 1. The molecule has 2 atom stereocenters. The van der Waals surface area contributed by atoms with Crippen molar-refractivity contribution in [2.24, 2.45) is 0 Å². The summed E-state index contributed by atoms with van der Waals surface area (Å²) in [4.78, 5) is 13.7. The van der Waals surface area contributed by atoms with Crippen LogP contribution in [0.1, 0.15) is 25.6 Å². The Labute approximate surface area is 139 Å². The van der Waals surface area contributed by atoms with Crippen molar-refractivity contribution < 1.29 is 22.7 Å². The smallest absolute Gasteiger partial charge is 0.318 e. The summed E-state index contributed by atoms with van der Waals surface area (Å²) in [5, 5.41) is 2.75. The number of amides is 2. The van der Waals surface area contributed by atoms with Crippen LogP contribution in [0.5, 0.6) is 5.75 Å². The van der Waals surface area contributed by atoms with Crippen LogP contribution in [0.2, 0.25) is 0 Å². The number of nitrogens with zero attached hydrogens (tertiary/aromatic N) is 1. The van der Waals surface area contributed by atoms with Crippen molar-refractivity contribution in [1.29, 1.82) is 0 Å². The molecule has 24 heavy (non-hydrogen) atoms. The Kier molecular flexibility index (Phi) is 5.78. The maximum atomic E-state index is 13.5. The van der Waals surface area contributed by atoms with Gasteiger partial charge in [-0.2, -0.15) is 0 Å². The summed E-state index contributed by atoms with van der Waals surface area (Å²) in [6, 6.07) is 5.71. The first-order valence-corrected chi connectivity index (χ1v) is 7.53. The molecule has 0 aliphatic carbocycles. The van der Waals surface area contributed by atoms with Gasteiger partial charge in [-0.3, -0.25) is 0 Å². The average molecular weight is 338 g/mol. The highest BCUT2D eigenvalue weighted by atomic mass is 19.1. The van der Waals surface area contributed by atoms with Gasteiger partial charge in [-0.1, -0.05) is 0 Å². The van der Waals surface area contributed by atoms with Crippen molar-refractivity contribution in [2.45, 2.75) is 25.9 Å². The Balaban J connectivity index is 1.85. The topological polar surface area (TPSA) is 54.7 Å².